The number of benzene rings is 3. The zero-order valence-electron chi connectivity index (χ0n) is 13.5. The van der Waals surface area contributed by atoms with E-state index in [1.165, 1.54) is 31.4 Å². The van der Waals surface area contributed by atoms with Crippen LogP contribution in [-0.4, -0.2) is 7.11 Å². The molecule has 25 heavy (non-hydrogen) atoms. The maximum absolute atomic E-state index is 15.0. The van der Waals surface area contributed by atoms with Crippen molar-refractivity contribution in [1.82, 2.24) is 0 Å². The van der Waals surface area contributed by atoms with Gasteiger partial charge in [-0.15, -0.1) is 0 Å². The van der Waals surface area contributed by atoms with Crippen molar-refractivity contribution in [1.29, 1.82) is 0 Å². The highest BCUT2D eigenvalue weighted by atomic mass is 19.1. The normalized spacial score (nSPS) is 11.4. The molecule has 0 saturated heterocycles. The number of rotatable bonds is 2. The van der Waals surface area contributed by atoms with Crippen molar-refractivity contribution in [2.24, 2.45) is 0 Å². The van der Waals surface area contributed by atoms with Crippen LogP contribution in [0, 0.1) is 24.4 Å². The molecule has 4 aromatic rings. The molecule has 0 aliphatic carbocycles. The van der Waals surface area contributed by atoms with Crippen LogP contribution >= 0.6 is 0 Å². The Morgan fingerprint density at radius 1 is 0.800 bits per heavy atom. The first kappa shape index (κ1) is 15.6. The zero-order chi connectivity index (χ0) is 17.7. The number of methoxy groups -OCH3 is 1. The molecule has 126 valence electrons. The summed E-state index contributed by atoms with van der Waals surface area (Å²) in [6.45, 7) is 1.75. The predicted octanol–water partition coefficient (Wildman–Crippen LogP) is 5.99. The molecular weight excluding hydrogens is 329 g/mol. The van der Waals surface area contributed by atoms with Crippen LogP contribution in [0.4, 0.5) is 13.2 Å². The van der Waals surface area contributed by atoms with Gasteiger partial charge in [0, 0.05) is 21.9 Å². The molecule has 0 N–H and O–H groups in total. The van der Waals surface area contributed by atoms with Gasteiger partial charge in [0.2, 0.25) is 5.82 Å². The first-order chi connectivity index (χ1) is 12.0. The van der Waals surface area contributed by atoms with Crippen molar-refractivity contribution in [3.63, 3.8) is 0 Å². The van der Waals surface area contributed by atoms with Gasteiger partial charge >= 0.3 is 0 Å². The van der Waals surface area contributed by atoms with Crippen LogP contribution in [0.1, 0.15) is 5.56 Å². The van der Waals surface area contributed by atoms with E-state index >= 15 is 0 Å². The summed E-state index contributed by atoms with van der Waals surface area (Å²) in [5, 5.41) is 0.855. The number of halogens is 3. The zero-order valence-corrected chi connectivity index (χ0v) is 13.5. The summed E-state index contributed by atoms with van der Waals surface area (Å²) in [7, 11) is 1.34. The Morgan fingerprint density at radius 2 is 1.44 bits per heavy atom. The van der Waals surface area contributed by atoms with Crippen LogP contribution in [0.2, 0.25) is 0 Å². The lowest BCUT2D eigenvalue weighted by atomic mass is 10.0. The van der Waals surface area contributed by atoms with Crippen LogP contribution in [0.25, 0.3) is 33.1 Å². The summed E-state index contributed by atoms with van der Waals surface area (Å²) >= 11 is 0. The molecule has 0 aliphatic heterocycles. The Balaban J connectivity index is 2.02. The fourth-order valence-electron chi connectivity index (χ4n) is 3.02. The maximum atomic E-state index is 15.0. The van der Waals surface area contributed by atoms with Crippen LogP contribution in [-0.2, 0) is 0 Å². The average Bonchev–Trinajstić information content (AvgIpc) is 2.97. The Labute approximate surface area is 141 Å². The van der Waals surface area contributed by atoms with Gasteiger partial charge in [0.25, 0.3) is 0 Å². The van der Waals surface area contributed by atoms with Crippen molar-refractivity contribution in [3.05, 3.63) is 65.5 Å². The number of hydrogen-bond acceptors (Lipinski definition) is 2. The number of hydrogen-bond donors (Lipinski definition) is 0. The fourth-order valence-corrected chi connectivity index (χ4v) is 3.02. The highest BCUT2D eigenvalue weighted by Crippen LogP contribution is 2.38. The van der Waals surface area contributed by atoms with Gasteiger partial charge in [0.15, 0.2) is 22.7 Å². The lowest BCUT2D eigenvalue weighted by molar-refractivity contribution is 0.385. The second-order valence-electron chi connectivity index (χ2n) is 5.85. The van der Waals surface area contributed by atoms with E-state index in [9.17, 15) is 13.2 Å². The highest BCUT2D eigenvalue weighted by molar-refractivity contribution is 6.06. The Hall–Kier alpha value is -2.95. The Morgan fingerprint density at radius 3 is 2.12 bits per heavy atom. The molecular formula is C20H13F3O2. The largest absolute Gasteiger partial charge is 0.494 e. The lowest BCUT2D eigenvalue weighted by Gasteiger charge is -2.06. The second-order valence-corrected chi connectivity index (χ2v) is 5.85. The Kier molecular flexibility index (Phi) is 3.46. The maximum Gasteiger partial charge on any atom is 0.208 e. The average molecular weight is 342 g/mol. The van der Waals surface area contributed by atoms with Crippen molar-refractivity contribution < 1.29 is 22.3 Å². The van der Waals surface area contributed by atoms with Crippen molar-refractivity contribution in [2.75, 3.05) is 7.11 Å². The van der Waals surface area contributed by atoms with E-state index < -0.39 is 17.5 Å². The molecule has 2 nitrogen and oxygen atoms in total. The third-order valence-electron chi connectivity index (χ3n) is 4.29. The first-order valence-electron chi connectivity index (χ1n) is 7.65. The monoisotopic (exact) mass is 342 g/mol. The van der Waals surface area contributed by atoms with Crippen molar-refractivity contribution in [2.45, 2.75) is 6.92 Å². The molecule has 0 radical (unpaired) electrons. The van der Waals surface area contributed by atoms with E-state index in [1.807, 2.05) is 0 Å². The number of ether oxygens (including phenoxy) is 1. The molecule has 1 heterocycles. The summed E-state index contributed by atoms with van der Waals surface area (Å²) in [5.74, 6) is -1.94. The van der Waals surface area contributed by atoms with Gasteiger partial charge in [0.05, 0.1) is 7.11 Å². The van der Waals surface area contributed by atoms with E-state index in [-0.39, 0.29) is 28.0 Å². The highest BCUT2D eigenvalue weighted by Gasteiger charge is 2.20. The van der Waals surface area contributed by atoms with E-state index in [2.05, 4.69) is 0 Å². The summed E-state index contributed by atoms with van der Waals surface area (Å²) in [4.78, 5) is 0. The summed E-state index contributed by atoms with van der Waals surface area (Å²) in [6, 6.07) is 10.7. The predicted molar refractivity (Wildman–Crippen MR) is 90.3 cm³/mol. The third-order valence-corrected chi connectivity index (χ3v) is 4.29. The quantitative estimate of drug-likeness (QED) is 0.447. The summed E-state index contributed by atoms with van der Waals surface area (Å²) < 4.78 is 53.9. The lowest BCUT2D eigenvalue weighted by Crippen LogP contribution is -1.90. The topological polar surface area (TPSA) is 22.4 Å². The minimum absolute atomic E-state index is 0.0109. The van der Waals surface area contributed by atoms with Crippen LogP contribution in [0.15, 0.2) is 46.9 Å². The summed E-state index contributed by atoms with van der Waals surface area (Å²) in [6.07, 6.45) is 0. The molecule has 3 aromatic carbocycles. The van der Waals surface area contributed by atoms with E-state index in [0.717, 1.165) is 5.56 Å². The van der Waals surface area contributed by atoms with Crippen LogP contribution < -0.4 is 4.74 Å². The SMILES string of the molecule is COc1ccc2c(oc3c(F)c(-c4ccc(C)cc4F)ccc32)c1F. The van der Waals surface area contributed by atoms with Crippen molar-refractivity contribution in [3.8, 4) is 16.9 Å². The molecule has 0 fully saturated rings. The van der Waals surface area contributed by atoms with Gasteiger partial charge in [-0.2, -0.15) is 4.39 Å². The van der Waals surface area contributed by atoms with E-state index in [4.69, 9.17) is 9.15 Å². The smallest absolute Gasteiger partial charge is 0.208 e. The van der Waals surface area contributed by atoms with Gasteiger partial charge in [-0.25, -0.2) is 8.78 Å². The van der Waals surface area contributed by atoms with Crippen molar-refractivity contribution >= 4 is 21.9 Å². The number of aryl methyl sites for hydroxylation is 1. The number of furan rings is 1. The third kappa shape index (κ3) is 2.27. The first-order valence-corrected chi connectivity index (χ1v) is 7.65. The van der Waals surface area contributed by atoms with Gasteiger partial charge in [-0.3, -0.25) is 0 Å². The molecule has 0 aliphatic rings. The van der Waals surface area contributed by atoms with Gasteiger partial charge in [0.1, 0.15) is 5.82 Å². The minimum Gasteiger partial charge on any atom is -0.494 e. The van der Waals surface area contributed by atoms with E-state index in [1.54, 1.807) is 25.1 Å². The summed E-state index contributed by atoms with van der Waals surface area (Å²) in [5.41, 5.74) is 0.731. The molecule has 0 unspecified atom stereocenters. The molecule has 0 bridgehead atoms. The minimum atomic E-state index is -0.727. The van der Waals surface area contributed by atoms with Crippen LogP contribution in [0.5, 0.6) is 5.75 Å². The second kappa shape index (κ2) is 5.55. The molecule has 0 amide bonds. The molecule has 1 aromatic heterocycles. The van der Waals surface area contributed by atoms with Gasteiger partial charge in [-0.1, -0.05) is 18.2 Å². The molecule has 4 rings (SSSR count). The fraction of sp³-hybridized carbons (Fsp3) is 0.100. The van der Waals surface area contributed by atoms with Crippen LogP contribution in [0.3, 0.4) is 0 Å². The molecule has 5 heteroatoms. The molecule has 0 atom stereocenters. The van der Waals surface area contributed by atoms with E-state index in [0.29, 0.717) is 10.8 Å². The standard InChI is InChI=1S/C20H13F3O2/c1-10-3-4-11(15(21)9-10)12-5-6-13-14-7-8-16(24-2)18(23)20(14)25-19(13)17(12)22/h3-9H,1-2H3. The molecule has 0 spiro atoms. The Bertz CT molecular complexity index is 1130. The van der Waals surface area contributed by atoms with Gasteiger partial charge in [-0.05, 0) is 36.8 Å². The number of fused-ring (bicyclic) bond motifs is 3. The van der Waals surface area contributed by atoms with Gasteiger partial charge < -0.3 is 9.15 Å². The molecule has 0 saturated carbocycles.